The largest absolute Gasteiger partial charge is 0.398 e. The standard InChI is InChI=1S/C14H19N3O2/c1-10-11(5-4-6-12(10)15)14(19)16-9-13(18)17-7-2-3-8-17/h4-6H,2-3,7-9,15H2,1H3,(H,16,19). The van der Waals surface area contributed by atoms with Crippen LogP contribution in [0.2, 0.25) is 0 Å². The lowest BCUT2D eigenvalue weighted by Crippen LogP contribution is -2.38. The molecule has 2 rings (SSSR count). The van der Waals surface area contributed by atoms with Gasteiger partial charge in [0.15, 0.2) is 0 Å². The third-order valence-corrected chi connectivity index (χ3v) is 3.48. The fourth-order valence-electron chi connectivity index (χ4n) is 2.23. The summed E-state index contributed by atoms with van der Waals surface area (Å²) in [4.78, 5) is 25.6. The van der Waals surface area contributed by atoms with Gasteiger partial charge in [0.2, 0.25) is 5.91 Å². The summed E-state index contributed by atoms with van der Waals surface area (Å²) in [5.41, 5.74) is 7.61. The van der Waals surface area contributed by atoms with Crippen molar-refractivity contribution in [3.63, 3.8) is 0 Å². The van der Waals surface area contributed by atoms with E-state index in [1.54, 1.807) is 30.0 Å². The van der Waals surface area contributed by atoms with E-state index in [2.05, 4.69) is 5.32 Å². The van der Waals surface area contributed by atoms with Gasteiger partial charge in [0.25, 0.3) is 5.91 Å². The lowest BCUT2D eigenvalue weighted by molar-refractivity contribution is -0.129. The molecule has 0 aromatic heterocycles. The molecule has 1 aliphatic heterocycles. The van der Waals surface area contributed by atoms with Gasteiger partial charge in [-0.3, -0.25) is 9.59 Å². The highest BCUT2D eigenvalue weighted by Crippen LogP contribution is 2.15. The highest BCUT2D eigenvalue weighted by atomic mass is 16.2. The lowest BCUT2D eigenvalue weighted by atomic mass is 10.1. The lowest BCUT2D eigenvalue weighted by Gasteiger charge is -2.16. The van der Waals surface area contributed by atoms with Crippen molar-refractivity contribution in [2.75, 3.05) is 25.4 Å². The number of nitrogens with one attached hydrogen (secondary N) is 1. The summed E-state index contributed by atoms with van der Waals surface area (Å²) in [6.45, 7) is 3.44. The van der Waals surface area contributed by atoms with Crippen molar-refractivity contribution in [1.82, 2.24) is 10.2 Å². The Kier molecular flexibility index (Phi) is 4.04. The maximum Gasteiger partial charge on any atom is 0.252 e. The molecule has 0 saturated carbocycles. The molecular weight excluding hydrogens is 242 g/mol. The van der Waals surface area contributed by atoms with E-state index < -0.39 is 0 Å². The average molecular weight is 261 g/mol. The first-order valence-electron chi connectivity index (χ1n) is 6.50. The van der Waals surface area contributed by atoms with Crippen LogP contribution in [0.4, 0.5) is 5.69 Å². The summed E-state index contributed by atoms with van der Waals surface area (Å²) in [5.74, 6) is -0.273. The Bertz CT molecular complexity index is 493. The van der Waals surface area contributed by atoms with Crippen LogP contribution in [-0.4, -0.2) is 36.3 Å². The van der Waals surface area contributed by atoms with Gasteiger partial charge < -0.3 is 16.0 Å². The van der Waals surface area contributed by atoms with E-state index in [1.807, 2.05) is 0 Å². The first-order chi connectivity index (χ1) is 9.09. The maximum absolute atomic E-state index is 12.0. The molecule has 19 heavy (non-hydrogen) atoms. The van der Waals surface area contributed by atoms with Crippen molar-refractivity contribution >= 4 is 17.5 Å². The van der Waals surface area contributed by atoms with Crippen molar-refractivity contribution in [1.29, 1.82) is 0 Å². The van der Waals surface area contributed by atoms with Crippen molar-refractivity contribution in [2.45, 2.75) is 19.8 Å². The number of carbonyl (C=O) groups is 2. The van der Waals surface area contributed by atoms with Crippen LogP contribution in [-0.2, 0) is 4.79 Å². The number of rotatable bonds is 3. The first-order valence-corrected chi connectivity index (χ1v) is 6.50. The van der Waals surface area contributed by atoms with Gasteiger partial charge in [0.1, 0.15) is 0 Å². The van der Waals surface area contributed by atoms with Crippen molar-refractivity contribution < 1.29 is 9.59 Å². The van der Waals surface area contributed by atoms with E-state index in [1.165, 1.54) is 0 Å². The summed E-state index contributed by atoms with van der Waals surface area (Å²) in [7, 11) is 0. The number of amides is 2. The Balaban J connectivity index is 1.94. The van der Waals surface area contributed by atoms with E-state index in [-0.39, 0.29) is 18.4 Å². The Hall–Kier alpha value is -2.04. The number of benzene rings is 1. The minimum Gasteiger partial charge on any atom is -0.398 e. The topological polar surface area (TPSA) is 75.4 Å². The highest BCUT2D eigenvalue weighted by Gasteiger charge is 2.19. The van der Waals surface area contributed by atoms with Crippen LogP contribution in [0.5, 0.6) is 0 Å². The highest BCUT2D eigenvalue weighted by molar-refractivity contribution is 5.98. The average Bonchev–Trinajstić information content (AvgIpc) is 2.93. The van der Waals surface area contributed by atoms with Crippen LogP contribution in [0.3, 0.4) is 0 Å². The number of likely N-dealkylation sites (tertiary alicyclic amines) is 1. The Morgan fingerprint density at radius 1 is 1.32 bits per heavy atom. The number of nitrogen functional groups attached to an aromatic ring is 1. The monoisotopic (exact) mass is 261 g/mol. The maximum atomic E-state index is 12.0. The summed E-state index contributed by atoms with van der Waals surface area (Å²) >= 11 is 0. The second-order valence-corrected chi connectivity index (χ2v) is 4.79. The molecule has 1 fully saturated rings. The summed E-state index contributed by atoms with van der Waals surface area (Å²) in [5, 5.41) is 2.66. The van der Waals surface area contributed by atoms with E-state index in [4.69, 9.17) is 5.73 Å². The molecule has 1 aromatic carbocycles. The quantitative estimate of drug-likeness (QED) is 0.795. The number of hydrogen-bond donors (Lipinski definition) is 2. The molecule has 3 N–H and O–H groups in total. The molecule has 0 atom stereocenters. The van der Waals surface area contributed by atoms with Gasteiger partial charge in [0, 0.05) is 24.3 Å². The van der Waals surface area contributed by atoms with E-state index in [9.17, 15) is 9.59 Å². The van der Waals surface area contributed by atoms with Crippen LogP contribution in [0.15, 0.2) is 18.2 Å². The van der Waals surface area contributed by atoms with Crippen molar-refractivity contribution in [3.05, 3.63) is 29.3 Å². The van der Waals surface area contributed by atoms with E-state index in [0.29, 0.717) is 11.3 Å². The normalized spacial score (nSPS) is 14.5. The molecule has 1 heterocycles. The first kappa shape index (κ1) is 13.4. The molecule has 1 aromatic rings. The molecule has 0 spiro atoms. The summed E-state index contributed by atoms with van der Waals surface area (Å²) < 4.78 is 0. The molecule has 1 aliphatic rings. The number of nitrogens with zero attached hydrogens (tertiary/aromatic N) is 1. The Morgan fingerprint density at radius 2 is 2.00 bits per heavy atom. The molecule has 1 saturated heterocycles. The Labute approximate surface area is 112 Å². The number of carbonyl (C=O) groups excluding carboxylic acids is 2. The molecule has 0 unspecified atom stereocenters. The van der Waals surface area contributed by atoms with Crippen LogP contribution < -0.4 is 11.1 Å². The third kappa shape index (κ3) is 3.05. The van der Waals surface area contributed by atoms with E-state index >= 15 is 0 Å². The minimum absolute atomic E-state index is 0.0209. The molecule has 0 radical (unpaired) electrons. The second-order valence-electron chi connectivity index (χ2n) is 4.79. The number of hydrogen-bond acceptors (Lipinski definition) is 3. The van der Waals surface area contributed by atoms with Gasteiger partial charge in [-0.1, -0.05) is 6.07 Å². The fourth-order valence-corrected chi connectivity index (χ4v) is 2.23. The van der Waals surface area contributed by atoms with Gasteiger partial charge in [-0.05, 0) is 37.5 Å². The minimum atomic E-state index is -0.252. The zero-order valence-corrected chi connectivity index (χ0v) is 11.1. The van der Waals surface area contributed by atoms with Gasteiger partial charge in [-0.15, -0.1) is 0 Å². The molecule has 102 valence electrons. The van der Waals surface area contributed by atoms with Crippen LogP contribution in [0.25, 0.3) is 0 Å². The van der Waals surface area contributed by atoms with Gasteiger partial charge >= 0.3 is 0 Å². The molecular formula is C14H19N3O2. The summed E-state index contributed by atoms with van der Waals surface area (Å²) in [6.07, 6.45) is 2.10. The predicted molar refractivity (Wildman–Crippen MR) is 73.7 cm³/mol. The molecule has 5 nitrogen and oxygen atoms in total. The van der Waals surface area contributed by atoms with Crippen LogP contribution in [0.1, 0.15) is 28.8 Å². The molecule has 0 bridgehead atoms. The second kappa shape index (κ2) is 5.73. The fraction of sp³-hybridized carbons (Fsp3) is 0.429. The smallest absolute Gasteiger partial charge is 0.252 e. The molecule has 2 amide bonds. The summed E-state index contributed by atoms with van der Waals surface area (Å²) in [6, 6.07) is 5.20. The number of nitrogens with two attached hydrogens (primary N) is 1. The SMILES string of the molecule is Cc1c(N)cccc1C(=O)NCC(=O)N1CCCC1. The van der Waals surface area contributed by atoms with Crippen LogP contribution >= 0.6 is 0 Å². The Morgan fingerprint density at radius 3 is 2.68 bits per heavy atom. The molecule has 5 heteroatoms. The van der Waals surface area contributed by atoms with Crippen molar-refractivity contribution in [3.8, 4) is 0 Å². The van der Waals surface area contributed by atoms with Crippen LogP contribution in [0, 0.1) is 6.92 Å². The zero-order chi connectivity index (χ0) is 13.8. The zero-order valence-electron chi connectivity index (χ0n) is 11.1. The number of anilines is 1. The molecule has 0 aliphatic carbocycles. The van der Waals surface area contributed by atoms with Crippen molar-refractivity contribution in [2.24, 2.45) is 0 Å². The van der Waals surface area contributed by atoms with E-state index in [0.717, 1.165) is 31.5 Å². The van der Waals surface area contributed by atoms with Gasteiger partial charge in [-0.25, -0.2) is 0 Å². The third-order valence-electron chi connectivity index (χ3n) is 3.48. The van der Waals surface area contributed by atoms with Gasteiger partial charge in [-0.2, -0.15) is 0 Å². The van der Waals surface area contributed by atoms with Gasteiger partial charge in [0.05, 0.1) is 6.54 Å². The predicted octanol–water partition coefficient (Wildman–Crippen LogP) is 0.929.